The Hall–Kier alpha value is -2.38. The molecule has 2 aromatic rings. The molecule has 0 radical (unpaired) electrons. The minimum absolute atomic E-state index is 0.0854. The van der Waals surface area contributed by atoms with E-state index in [9.17, 15) is 13.2 Å². The average molecular weight is 428 g/mol. The molecule has 2 aliphatic rings. The van der Waals surface area contributed by atoms with Gasteiger partial charge in [-0.25, -0.2) is 8.42 Å². The number of piperazine rings is 1. The van der Waals surface area contributed by atoms with Crippen LogP contribution in [0.2, 0.25) is 0 Å². The molecule has 0 atom stereocenters. The summed E-state index contributed by atoms with van der Waals surface area (Å²) in [7, 11) is -3.49. The molecule has 0 saturated carbocycles. The summed E-state index contributed by atoms with van der Waals surface area (Å²) in [6, 6.07) is 17.2. The van der Waals surface area contributed by atoms with Gasteiger partial charge in [0, 0.05) is 50.9 Å². The topological polar surface area (TPSA) is 60.9 Å². The predicted molar refractivity (Wildman–Crippen MR) is 118 cm³/mol. The van der Waals surface area contributed by atoms with E-state index in [0.717, 1.165) is 31.7 Å². The summed E-state index contributed by atoms with van der Waals surface area (Å²) in [5.74, 6) is 0.0906. The first-order valence-corrected chi connectivity index (χ1v) is 12.0. The van der Waals surface area contributed by atoms with Crippen LogP contribution in [-0.4, -0.2) is 62.8 Å². The maximum atomic E-state index is 13.0. The second kappa shape index (κ2) is 8.78. The molecule has 2 fully saturated rings. The first-order chi connectivity index (χ1) is 14.4. The third kappa shape index (κ3) is 4.37. The molecule has 1 amide bonds. The molecule has 0 spiro atoms. The number of piperidine rings is 1. The van der Waals surface area contributed by atoms with Gasteiger partial charge in [-0.15, -0.1) is 0 Å². The molecule has 2 aromatic carbocycles. The van der Waals surface area contributed by atoms with E-state index in [1.54, 1.807) is 12.1 Å². The maximum Gasteiger partial charge on any atom is 0.243 e. The smallest absolute Gasteiger partial charge is 0.243 e. The maximum absolute atomic E-state index is 13.0. The summed E-state index contributed by atoms with van der Waals surface area (Å²) >= 11 is 0. The SMILES string of the molecule is Cc1ccc(S(=O)(=O)N2CCC(C(=O)N3CCN(c4ccccc4)CC3)CC2)cc1. The number of nitrogens with zero attached hydrogens (tertiary/aromatic N) is 3. The van der Waals surface area contributed by atoms with Gasteiger partial charge in [0.05, 0.1) is 4.90 Å². The van der Waals surface area contributed by atoms with Crippen LogP contribution in [0.1, 0.15) is 18.4 Å². The molecular formula is C23H29N3O3S. The van der Waals surface area contributed by atoms with Gasteiger partial charge >= 0.3 is 0 Å². The van der Waals surface area contributed by atoms with E-state index in [4.69, 9.17) is 0 Å². The van der Waals surface area contributed by atoms with Crippen LogP contribution in [0.4, 0.5) is 5.69 Å². The van der Waals surface area contributed by atoms with Crippen LogP contribution in [0.5, 0.6) is 0 Å². The number of aryl methyl sites for hydroxylation is 1. The summed E-state index contributed by atoms with van der Waals surface area (Å²) in [5, 5.41) is 0. The molecule has 160 valence electrons. The van der Waals surface area contributed by atoms with Crippen LogP contribution in [-0.2, 0) is 14.8 Å². The van der Waals surface area contributed by atoms with Crippen LogP contribution >= 0.6 is 0 Å². The molecule has 0 bridgehead atoms. The molecule has 4 rings (SSSR count). The van der Waals surface area contributed by atoms with Gasteiger partial charge in [0.25, 0.3) is 0 Å². The lowest BCUT2D eigenvalue weighted by atomic mass is 9.96. The molecule has 2 aliphatic heterocycles. The molecule has 7 heteroatoms. The first-order valence-electron chi connectivity index (χ1n) is 10.6. The highest BCUT2D eigenvalue weighted by Crippen LogP contribution is 2.26. The van der Waals surface area contributed by atoms with E-state index in [1.165, 1.54) is 9.99 Å². The number of sulfonamides is 1. The van der Waals surface area contributed by atoms with E-state index >= 15 is 0 Å². The van der Waals surface area contributed by atoms with Gasteiger partial charge in [-0.05, 0) is 44.0 Å². The minimum atomic E-state index is -3.49. The Bertz CT molecular complexity index is 961. The normalized spacial score (nSPS) is 19.1. The Morgan fingerprint density at radius 3 is 2.03 bits per heavy atom. The molecule has 0 aliphatic carbocycles. The van der Waals surface area contributed by atoms with Crippen molar-refractivity contribution in [1.82, 2.24) is 9.21 Å². The highest BCUT2D eigenvalue weighted by Gasteiger charge is 2.34. The summed E-state index contributed by atoms with van der Waals surface area (Å²) in [6.45, 7) is 5.83. The zero-order valence-corrected chi connectivity index (χ0v) is 18.2. The molecule has 0 N–H and O–H groups in total. The van der Waals surface area contributed by atoms with Crippen molar-refractivity contribution in [2.24, 2.45) is 5.92 Å². The van der Waals surface area contributed by atoms with Crippen LogP contribution < -0.4 is 4.90 Å². The molecule has 2 saturated heterocycles. The Labute approximate surface area is 179 Å². The van der Waals surface area contributed by atoms with Crippen LogP contribution in [0.3, 0.4) is 0 Å². The predicted octanol–water partition coefficient (Wildman–Crippen LogP) is 2.74. The van der Waals surface area contributed by atoms with Gasteiger partial charge in [0.1, 0.15) is 0 Å². The van der Waals surface area contributed by atoms with Crippen molar-refractivity contribution in [3.63, 3.8) is 0 Å². The number of para-hydroxylation sites is 1. The highest BCUT2D eigenvalue weighted by molar-refractivity contribution is 7.89. The summed E-state index contributed by atoms with van der Waals surface area (Å²) in [5.41, 5.74) is 2.23. The first kappa shape index (κ1) is 20.9. The van der Waals surface area contributed by atoms with Crippen LogP contribution in [0.25, 0.3) is 0 Å². The number of anilines is 1. The van der Waals surface area contributed by atoms with Gasteiger partial charge in [-0.2, -0.15) is 4.31 Å². The van der Waals surface area contributed by atoms with Crippen molar-refractivity contribution in [3.05, 3.63) is 60.2 Å². The summed E-state index contributed by atoms with van der Waals surface area (Å²) < 4.78 is 27.3. The molecule has 0 unspecified atom stereocenters. The standard InChI is InChI=1S/C23H29N3O3S/c1-19-7-9-22(10-8-19)30(28,29)26-13-11-20(12-14-26)23(27)25-17-15-24(16-18-25)21-5-3-2-4-6-21/h2-10,20H,11-18H2,1H3. The Kier molecular flexibility index (Phi) is 6.11. The quantitative estimate of drug-likeness (QED) is 0.753. The number of carbonyl (C=O) groups excluding carboxylic acids is 1. The third-order valence-corrected chi connectivity index (χ3v) is 8.09. The number of benzene rings is 2. The fraction of sp³-hybridized carbons (Fsp3) is 0.435. The Morgan fingerprint density at radius 2 is 1.43 bits per heavy atom. The number of hydrogen-bond acceptors (Lipinski definition) is 4. The number of carbonyl (C=O) groups is 1. The lowest BCUT2D eigenvalue weighted by Crippen LogP contribution is -2.52. The van der Waals surface area contributed by atoms with Gasteiger partial charge < -0.3 is 9.80 Å². The molecule has 30 heavy (non-hydrogen) atoms. The molecule has 2 heterocycles. The van der Waals surface area contributed by atoms with Crippen LogP contribution in [0.15, 0.2) is 59.5 Å². The van der Waals surface area contributed by atoms with Crippen molar-refractivity contribution in [3.8, 4) is 0 Å². The number of hydrogen-bond donors (Lipinski definition) is 0. The lowest BCUT2D eigenvalue weighted by molar-refractivity contribution is -0.137. The van der Waals surface area contributed by atoms with Crippen molar-refractivity contribution >= 4 is 21.6 Å². The second-order valence-corrected chi connectivity index (χ2v) is 10.1. The van der Waals surface area contributed by atoms with Crippen molar-refractivity contribution < 1.29 is 13.2 Å². The van der Waals surface area contributed by atoms with Crippen molar-refractivity contribution in [2.45, 2.75) is 24.7 Å². The Balaban J connectivity index is 1.31. The van der Waals surface area contributed by atoms with Gasteiger partial charge in [0.15, 0.2) is 0 Å². The van der Waals surface area contributed by atoms with E-state index in [0.29, 0.717) is 30.8 Å². The molecular weight excluding hydrogens is 398 g/mol. The van der Waals surface area contributed by atoms with E-state index in [1.807, 2.05) is 42.2 Å². The van der Waals surface area contributed by atoms with E-state index < -0.39 is 10.0 Å². The van der Waals surface area contributed by atoms with Gasteiger partial charge in [-0.3, -0.25) is 4.79 Å². The van der Waals surface area contributed by atoms with Crippen molar-refractivity contribution in [1.29, 1.82) is 0 Å². The van der Waals surface area contributed by atoms with Gasteiger partial charge in [-0.1, -0.05) is 35.9 Å². The Morgan fingerprint density at radius 1 is 0.833 bits per heavy atom. The monoisotopic (exact) mass is 427 g/mol. The van der Waals surface area contributed by atoms with Crippen molar-refractivity contribution in [2.75, 3.05) is 44.2 Å². The van der Waals surface area contributed by atoms with E-state index in [2.05, 4.69) is 17.0 Å². The van der Waals surface area contributed by atoms with Gasteiger partial charge in [0.2, 0.25) is 15.9 Å². The zero-order valence-electron chi connectivity index (χ0n) is 17.4. The minimum Gasteiger partial charge on any atom is -0.368 e. The third-order valence-electron chi connectivity index (χ3n) is 6.17. The summed E-state index contributed by atoms with van der Waals surface area (Å²) in [4.78, 5) is 17.6. The van der Waals surface area contributed by atoms with E-state index in [-0.39, 0.29) is 11.8 Å². The highest BCUT2D eigenvalue weighted by atomic mass is 32.2. The molecule has 0 aromatic heterocycles. The largest absolute Gasteiger partial charge is 0.368 e. The lowest BCUT2D eigenvalue weighted by Gasteiger charge is -2.39. The second-order valence-electron chi connectivity index (χ2n) is 8.14. The number of amides is 1. The molecule has 6 nitrogen and oxygen atoms in total. The fourth-order valence-corrected chi connectivity index (χ4v) is 5.75. The fourth-order valence-electron chi connectivity index (χ4n) is 4.28. The average Bonchev–Trinajstić information content (AvgIpc) is 2.80. The number of rotatable bonds is 4. The zero-order chi connectivity index (χ0) is 21.1. The summed E-state index contributed by atoms with van der Waals surface area (Å²) in [6.07, 6.45) is 1.17. The van der Waals surface area contributed by atoms with Crippen LogP contribution in [0, 0.1) is 12.8 Å².